The van der Waals surface area contributed by atoms with Gasteiger partial charge in [-0.25, -0.2) is 0 Å². The molecule has 7 nitrogen and oxygen atoms in total. The van der Waals surface area contributed by atoms with Crippen LogP contribution >= 0.6 is 0 Å². The van der Waals surface area contributed by atoms with Crippen LogP contribution < -0.4 is 10.1 Å². The van der Waals surface area contributed by atoms with E-state index in [2.05, 4.69) is 20.7 Å². The summed E-state index contributed by atoms with van der Waals surface area (Å²) in [6, 6.07) is 7.65. The minimum Gasteiger partial charge on any atom is -0.494 e. The molecule has 1 amide bonds. The number of aryl methyl sites for hydroxylation is 1. The van der Waals surface area contributed by atoms with Gasteiger partial charge in [-0.3, -0.25) is 4.79 Å². The van der Waals surface area contributed by atoms with Crippen molar-refractivity contribution in [1.29, 1.82) is 0 Å². The Morgan fingerprint density at radius 3 is 2.54 bits per heavy atom. The third-order valence-corrected chi connectivity index (χ3v) is 6.87. The van der Waals surface area contributed by atoms with E-state index in [1.807, 2.05) is 42.9 Å². The lowest BCUT2D eigenvalue weighted by Gasteiger charge is -2.60. The van der Waals surface area contributed by atoms with Crippen molar-refractivity contribution in [2.45, 2.75) is 57.9 Å². The van der Waals surface area contributed by atoms with Gasteiger partial charge in [-0.1, -0.05) is 0 Å². The Bertz CT molecular complexity index is 876. The largest absolute Gasteiger partial charge is 0.494 e. The molecule has 1 N–H and O–H groups in total. The van der Waals surface area contributed by atoms with E-state index in [0.29, 0.717) is 24.3 Å². The van der Waals surface area contributed by atoms with Gasteiger partial charge in [0.1, 0.15) is 5.75 Å². The lowest BCUT2D eigenvalue weighted by molar-refractivity contribution is -0.152. The fourth-order valence-corrected chi connectivity index (χ4v) is 6.26. The number of nitrogens with one attached hydrogen (secondary N) is 1. The molecule has 1 aromatic carbocycles. The number of carbonyl (C=O) groups is 1. The molecule has 0 radical (unpaired) electrons. The molecule has 2 aromatic rings. The molecule has 4 bridgehead atoms. The average Bonchev–Trinajstić information content (AvgIpc) is 3.10. The molecule has 1 aromatic heterocycles. The van der Waals surface area contributed by atoms with Gasteiger partial charge in [0.15, 0.2) is 5.82 Å². The number of tetrazole rings is 1. The minimum absolute atomic E-state index is 0.145. The lowest BCUT2D eigenvalue weighted by atomic mass is 9.46. The molecule has 1 heterocycles. The normalized spacial score (nSPS) is 33.1. The molecule has 4 atom stereocenters. The zero-order valence-electron chi connectivity index (χ0n) is 16.5. The van der Waals surface area contributed by atoms with Crippen LogP contribution in [0.4, 0.5) is 5.69 Å². The van der Waals surface area contributed by atoms with Gasteiger partial charge in [-0.05, 0) is 93.7 Å². The molecule has 7 heteroatoms. The van der Waals surface area contributed by atoms with Gasteiger partial charge < -0.3 is 10.1 Å². The Labute approximate surface area is 164 Å². The minimum atomic E-state index is -0.329. The Morgan fingerprint density at radius 1 is 1.21 bits per heavy atom. The Balaban J connectivity index is 1.40. The first-order valence-corrected chi connectivity index (χ1v) is 10.3. The third-order valence-electron chi connectivity index (χ3n) is 6.87. The van der Waals surface area contributed by atoms with Gasteiger partial charge in [-0.15, -0.1) is 10.2 Å². The maximum Gasteiger partial charge on any atom is 0.230 e. The molecule has 4 aliphatic carbocycles. The highest BCUT2D eigenvalue weighted by atomic mass is 16.5. The summed E-state index contributed by atoms with van der Waals surface area (Å²) in [6.07, 6.45) is 6.12. The van der Waals surface area contributed by atoms with E-state index < -0.39 is 0 Å². The van der Waals surface area contributed by atoms with Gasteiger partial charge in [0.05, 0.1) is 17.6 Å². The van der Waals surface area contributed by atoms with Crippen LogP contribution in [0.3, 0.4) is 0 Å². The summed E-state index contributed by atoms with van der Waals surface area (Å²) in [5, 5.41) is 16.2. The summed E-state index contributed by atoms with van der Waals surface area (Å²) >= 11 is 0. The summed E-state index contributed by atoms with van der Waals surface area (Å²) in [6.45, 7) is 4.47. The number of carbonyl (C=O) groups excluding carboxylic acids is 1. The highest BCUT2D eigenvalue weighted by Gasteiger charge is 2.62. The van der Waals surface area contributed by atoms with Crippen LogP contribution in [0.15, 0.2) is 24.3 Å². The molecule has 148 valence electrons. The van der Waals surface area contributed by atoms with Crippen LogP contribution in [0.1, 0.15) is 51.3 Å². The summed E-state index contributed by atoms with van der Waals surface area (Å²) in [4.78, 5) is 15.3. The number of ether oxygens (including phenoxy) is 1. The van der Waals surface area contributed by atoms with Crippen molar-refractivity contribution in [2.24, 2.45) is 17.3 Å². The van der Waals surface area contributed by atoms with Crippen molar-refractivity contribution in [1.82, 2.24) is 20.2 Å². The molecular weight excluding hydrogens is 354 g/mol. The second kappa shape index (κ2) is 6.29. The fraction of sp³-hybridized carbons (Fsp3) is 0.619. The highest BCUT2D eigenvalue weighted by Crippen LogP contribution is 2.64. The van der Waals surface area contributed by atoms with E-state index >= 15 is 0 Å². The summed E-state index contributed by atoms with van der Waals surface area (Å²) in [7, 11) is 0. The van der Waals surface area contributed by atoms with Crippen molar-refractivity contribution < 1.29 is 9.53 Å². The number of aromatic nitrogens is 4. The van der Waals surface area contributed by atoms with Crippen LogP contribution in [0.2, 0.25) is 0 Å². The van der Waals surface area contributed by atoms with E-state index in [-0.39, 0.29) is 16.9 Å². The van der Waals surface area contributed by atoms with Crippen molar-refractivity contribution in [3.05, 3.63) is 30.1 Å². The van der Waals surface area contributed by atoms with E-state index in [1.54, 1.807) is 0 Å². The van der Waals surface area contributed by atoms with Crippen LogP contribution in [0.25, 0.3) is 0 Å². The number of hydrogen-bond acceptors (Lipinski definition) is 5. The second-order valence-corrected chi connectivity index (χ2v) is 9.00. The zero-order chi connectivity index (χ0) is 19.4. The topological polar surface area (TPSA) is 81.9 Å². The van der Waals surface area contributed by atoms with Crippen molar-refractivity contribution in [3.8, 4) is 5.75 Å². The summed E-state index contributed by atoms with van der Waals surface area (Å²) in [5.74, 6) is 2.80. The first-order valence-electron chi connectivity index (χ1n) is 10.3. The van der Waals surface area contributed by atoms with Gasteiger partial charge in [-0.2, -0.15) is 4.80 Å². The van der Waals surface area contributed by atoms with Crippen molar-refractivity contribution in [3.63, 3.8) is 0 Å². The molecule has 0 spiro atoms. The standard InChI is InChI=1S/C21H27N5O2/c1-3-28-18-6-4-17(5-7-18)22-19(27)20-9-15-8-16(10-20)12-21(11-15,13-20)26-24-14(2)23-25-26/h4-7,15-16H,3,8-13H2,1-2H3,(H,22,27)/t15-,16+,20?,21?. The Kier molecular flexibility index (Phi) is 3.96. The van der Waals surface area contributed by atoms with Crippen molar-refractivity contribution in [2.75, 3.05) is 11.9 Å². The smallest absolute Gasteiger partial charge is 0.230 e. The number of anilines is 1. The maximum atomic E-state index is 13.4. The third kappa shape index (κ3) is 2.79. The maximum absolute atomic E-state index is 13.4. The summed E-state index contributed by atoms with van der Waals surface area (Å²) in [5.41, 5.74) is 0.346. The molecular formula is C21H27N5O2. The molecule has 4 aliphatic rings. The first-order chi connectivity index (χ1) is 13.5. The Hall–Kier alpha value is -2.44. The number of nitrogens with zero attached hydrogens (tertiary/aromatic N) is 4. The quantitative estimate of drug-likeness (QED) is 0.859. The van der Waals surface area contributed by atoms with E-state index in [4.69, 9.17) is 4.74 Å². The zero-order valence-corrected chi connectivity index (χ0v) is 16.5. The average molecular weight is 381 g/mol. The Morgan fingerprint density at radius 2 is 1.93 bits per heavy atom. The number of hydrogen-bond donors (Lipinski definition) is 1. The van der Waals surface area contributed by atoms with Gasteiger partial charge in [0.2, 0.25) is 5.91 Å². The molecule has 4 fully saturated rings. The van der Waals surface area contributed by atoms with Gasteiger partial charge >= 0.3 is 0 Å². The van der Waals surface area contributed by atoms with E-state index in [0.717, 1.165) is 43.5 Å². The van der Waals surface area contributed by atoms with Crippen molar-refractivity contribution >= 4 is 11.6 Å². The molecule has 4 saturated carbocycles. The van der Waals surface area contributed by atoms with E-state index in [9.17, 15) is 4.79 Å². The predicted octanol–water partition coefficient (Wildman–Crippen LogP) is 3.31. The number of amides is 1. The van der Waals surface area contributed by atoms with Crippen LogP contribution in [-0.4, -0.2) is 32.7 Å². The number of rotatable bonds is 5. The molecule has 6 rings (SSSR count). The summed E-state index contributed by atoms with van der Waals surface area (Å²) < 4.78 is 5.50. The number of benzene rings is 1. The monoisotopic (exact) mass is 381 g/mol. The van der Waals surface area contributed by atoms with Crippen LogP contribution in [0.5, 0.6) is 5.75 Å². The lowest BCUT2D eigenvalue weighted by Crippen LogP contribution is -2.60. The highest BCUT2D eigenvalue weighted by molar-refractivity contribution is 5.95. The fourth-order valence-electron chi connectivity index (χ4n) is 6.26. The van der Waals surface area contributed by atoms with Gasteiger partial charge in [0.25, 0.3) is 0 Å². The molecule has 0 aliphatic heterocycles. The van der Waals surface area contributed by atoms with E-state index in [1.165, 1.54) is 6.42 Å². The van der Waals surface area contributed by atoms with Crippen LogP contribution in [0, 0.1) is 24.2 Å². The van der Waals surface area contributed by atoms with Gasteiger partial charge in [0, 0.05) is 5.69 Å². The SMILES string of the molecule is CCOc1ccc(NC(=O)C23C[C@H]4C[C@@H](C2)CC(n2nnc(C)n2)(C4)C3)cc1. The molecule has 0 saturated heterocycles. The second-order valence-electron chi connectivity index (χ2n) is 9.00. The first kappa shape index (κ1) is 17.6. The van der Waals surface area contributed by atoms with Crippen LogP contribution in [-0.2, 0) is 10.3 Å². The molecule has 28 heavy (non-hydrogen) atoms. The molecule has 2 unspecified atom stereocenters. The predicted molar refractivity (Wildman–Crippen MR) is 104 cm³/mol.